The molecular weight excluding hydrogens is 274 g/mol. The number of benzene rings is 1. The van der Waals surface area contributed by atoms with Crippen LogP contribution in [0.1, 0.15) is 24.2 Å². The lowest BCUT2D eigenvalue weighted by Gasteiger charge is -2.16. The number of rotatable bonds is 7. The van der Waals surface area contributed by atoms with Crippen molar-refractivity contribution in [1.29, 1.82) is 0 Å². The third-order valence-electron chi connectivity index (χ3n) is 3.79. The first kappa shape index (κ1) is 14.5. The third-order valence-corrected chi connectivity index (χ3v) is 3.79. The number of alkyl halides is 2. The van der Waals surface area contributed by atoms with Crippen LogP contribution in [-0.2, 0) is 13.1 Å². The number of fused-ring (bicyclic) bond motifs is 1. The summed E-state index contributed by atoms with van der Waals surface area (Å²) < 4.78 is 30.9. The van der Waals surface area contributed by atoms with Crippen molar-refractivity contribution in [2.45, 2.75) is 38.4 Å². The van der Waals surface area contributed by atoms with Crippen LogP contribution in [0.15, 0.2) is 28.7 Å². The maximum absolute atomic E-state index is 12.5. The van der Waals surface area contributed by atoms with E-state index in [2.05, 4.69) is 5.32 Å². The molecule has 3 rings (SSSR count). The van der Waals surface area contributed by atoms with E-state index in [4.69, 9.17) is 4.42 Å². The Balaban J connectivity index is 1.83. The fourth-order valence-corrected chi connectivity index (χ4v) is 2.56. The highest BCUT2D eigenvalue weighted by atomic mass is 19.3. The molecule has 2 aromatic rings. The molecule has 0 aliphatic heterocycles. The Labute approximate surface area is 122 Å². The van der Waals surface area contributed by atoms with E-state index in [-0.39, 0.29) is 6.54 Å². The molecule has 0 spiro atoms. The van der Waals surface area contributed by atoms with Gasteiger partial charge in [-0.3, -0.25) is 4.90 Å². The second-order valence-corrected chi connectivity index (χ2v) is 5.74. The van der Waals surface area contributed by atoms with Gasteiger partial charge in [0, 0.05) is 23.5 Å². The van der Waals surface area contributed by atoms with Crippen LogP contribution in [0.5, 0.6) is 0 Å². The molecular formula is C16H20F2N2O. The number of hydrogen-bond acceptors (Lipinski definition) is 3. The Morgan fingerprint density at radius 2 is 2.10 bits per heavy atom. The first-order chi connectivity index (χ1) is 10.1. The van der Waals surface area contributed by atoms with Gasteiger partial charge >= 0.3 is 0 Å². The first-order valence-corrected chi connectivity index (χ1v) is 7.33. The summed E-state index contributed by atoms with van der Waals surface area (Å²) >= 11 is 0. The predicted octanol–water partition coefficient (Wildman–Crippen LogP) is 3.38. The smallest absolute Gasteiger partial charge is 0.251 e. The summed E-state index contributed by atoms with van der Waals surface area (Å²) in [4.78, 5) is 1.64. The molecule has 0 amide bonds. The van der Waals surface area contributed by atoms with Crippen molar-refractivity contribution in [3.63, 3.8) is 0 Å². The Kier molecular flexibility index (Phi) is 4.22. The average Bonchev–Trinajstić information content (AvgIpc) is 3.20. The normalized spacial score (nSPS) is 15.5. The fraction of sp³-hybridized carbons (Fsp3) is 0.500. The zero-order valence-corrected chi connectivity index (χ0v) is 12.1. The lowest BCUT2D eigenvalue weighted by molar-refractivity contribution is 0.0974. The number of halogens is 2. The van der Waals surface area contributed by atoms with E-state index in [1.54, 1.807) is 11.9 Å². The van der Waals surface area contributed by atoms with Crippen molar-refractivity contribution in [2.24, 2.45) is 0 Å². The van der Waals surface area contributed by atoms with Crippen LogP contribution in [0.4, 0.5) is 8.78 Å². The molecule has 0 radical (unpaired) electrons. The molecule has 3 nitrogen and oxygen atoms in total. The molecule has 0 bridgehead atoms. The van der Waals surface area contributed by atoms with Gasteiger partial charge < -0.3 is 9.73 Å². The van der Waals surface area contributed by atoms with Crippen molar-refractivity contribution < 1.29 is 13.2 Å². The minimum Gasteiger partial charge on any atom is -0.459 e. The van der Waals surface area contributed by atoms with Crippen LogP contribution in [0.2, 0.25) is 0 Å². The average molecular weight is 294 g/mol. The molecule has 1 saturated carbocycles. The van der Waals surface area contributed by atoms with E-state index in [1.807, 2.05) is 24.3 Å². The van der Waals surface area contributed by atoms with Crippen LogP contribution < -0.4 is 5.32 Å². The Morgan fingerprint density at radius 1 is 1.33 bits per heavy atom. The number of nitrogens with one attached hydrogen (secondary N) is 1. The van der Waals surface area contributed by atoms with Gasteiger partial charge in [0.05, 0.1) is 13.1 Å². The lowest BCUT2D eigenvalue weighted by atomic mass is 10.1. The van der Waals surface area contributed by atoms with Crippen LogP contribution in [0, 0.1) is 0 Å². The van der Waals surface area contributed by atoms with Crippen LogP contribution in [-0.4, -0.2) is 31.0 Å². The van der Waals surface area contributed by atoms with Crippen LogP contribution in [0.3, 0.4) is 0 Å². The van der Waals surface area contributed by atoms with Crippen molar-refractivity contribution in [3.05, 3.63) is 35.6 Å². The number of nitrogens with zero attached hydrogens (tertiary/aromatic N) is 1. The fourth-order valence-electron chi connectivity index (χ4n) is 2.56. The van der Waals surface area contributed by atoms with Crippen LogP contribution >= 0.6 is 0 Å². The Bertz CT molecular complexity index is 607. The zero-order chi connectivity index (χ0) is 14.8. The summed E-state index contributed by atoms with van der Waals surface area (Å²) in [5, 5.41) is 4.45. The molecule has 114 valence electrons. The quantitative estimate of drug-likeness (QED) is 0.848. The van der Waals surface area contributed by atoms with Gasteiger partial charge in [-0.1, -0.05) is 18.2 Å². The van der Waals surface area contributed by atoms with Gasteiger partial charge in [-0.05, 0) is 26.0 Å². The summed E-state index contributed by atoms with van der Waals surface area (Å²) in [6, 6.07) is 8.38. The van der Waals surface area contributed by atoms with E-state index in [0.29, 0.717) is 19.1 Å². The number of para-hydroxylation sites is 1. The highest BCUT2D eigenvalue weighted by Crippen LogP contribution is 2.28. The third kappa shape index (κ3) is 3.60. The molecule has 21 heavy (non-hydrogen) atoms. The standard InChI is InChI=1S/C16H20F2N2O/c1-20(10-16(17)18)9-13-12-4-2-3-5-14(12)21-15(13)8-19-11-6-7-11/h2-5,11,16,19H,6-10H2,1H3. The van der Waals surface area contributed by atoms with Gasteiger partial charge in [0.1, 0.15) is 11.3 Å². The second kappa shape index (κ2) is 6.12. The van der Waals surface area contributed by atoms with Gasteiger partial charge in [-0.25, -0.2) is 8.78 Å². The van der Waals surface area contributed by atoms with Crippen LogP contribution in [0.25, 0.3) is 11.0 Å². The summed E-state index contributed by atoms with van der Waals surface area (Å²) in [6.07, 6.45) is 0.100. The molecule has 0 atom stereocenters. The highest BCUT2D eigenvalue weighted by molar-refractivity contribution is 5.82. The topological polar surface area (TPSA) is 28.4 Å². The molecule has 1 N–H and O–H groups in total. The first-order valence-electron chi connectivity index (χ1n) is 7.33. The molecule has 5 heteroatoms. The minimum absolute atomic E-state index is 0.227. The Hall–Kier alpha value is -1.46. The molecule has 1 aliphatic rings. The van der Waals surface area contributed by atoms with Crippen molar-refractivity contribution >= 4 is 11.0 Å². The molecule has 0 saturated heterocycles. The molecule has 1 aliphatic carbocycles. The van der Waals surface area contributed by atoms with E-state index in [9.17, 15) is 8.78 Å². The zero-order valence-electron chi connectivity index (χ0n) is 12.1. The summed E-state index contributed by atoms with van der Waals surface area (Å²) in [5.41, 5.74) is 1.84. The second-order valence-electron chi connectivity index (χ2n) is 5.74. The molecule has 1 aromatic carbocycles. The van der Waals surface area contributed by atoms with Crippen molar-refractivity contribution in [1.82, 2.24) is 10.2 Å². The highest BCUT2D eigenvalue weighted by Gasteiger charge is 2.23. The van der Waals surface area contributed by atoms with E-state index in [0.717, 1.165) is 22.3 Å². The minimum atomic E-state index is -2.32. The largest absolute Gasteiger partial charge is 0.459 e. The molecule has 0 unspecified atom stereocenters. The number of furan rings is 1. The lowest BCUT2D eigenvalue weighted by Crippen LogP contribution is -2.25. The summed E-state index contributed by atoms with van der Waals surface area (Å²) in [7, 11) is 1.71. The van der Waals surface area contributed by atoms with Crippen molar-refractivity contribution in [2.75, 3.05) is 13.6 Å². The van der Waals surface area contributed by atoms with Gasteiger partial charge in [0.25, 0.3) is 6.43 Å². The SMILES string of the molecule is CN(Cc1c(CNC2CC2)oc2ccccc12)CC(F)F. The van der Waals surface area contributed by atoms with E-state index in [1.165, 1.54) is 12.8 Å². The monoisotopic (exact) mass is 294 g/mol. The van der Waals surface area contributed by atoms with Gasteiger partial charge in [0.15, 0.2) is 0 Å². The summed E-state index contributed by atoms with van der Waals surface area (Å²) in [5.74, 6) is 0.865. The maximum Gasteiger partial charge on any atom is 0.251 e. The maximum atomic E-state index is 12.5. The van der Waals surface area contributed by atoms with Gasteiger partial charge in [-0.15, -0.1) is 0 Å². The van der Waals surface area contributed by atoms with Crippen molar-refractivity contribution in [3.8, 4) is 0 Å². The molecule has 1 aromatic heterocycles. The van der Waals surface area contributed by atoms with Gasteiger partial charge in [0.2, 0.25) is 0 Å². The summed E-state index contributed by atoms with van der Waals surface area (Å²) in [6.45, 7) is 0.912. The number of hydrogen-bond donors (Lipinski definition) is 1. The van der Waals surface area contributed by atoms with E-state index >= 15 is 0 Å². The molecule has 1 fully saturated rings. The Morgan fingerprint density at radius 3 is 2.81 bits per heavy atom. The predicted molar refractivity (Wildman–Crippen MR) is 78.4 cm³/mol. The van der Waals surface area contributed by atoms with Gasteiger partial charge in [-0.2, -0.15) is 0 Å². The van der Waals surface area contributed by atoms with E-state index < -0.39 is 6.43 Å². The molecule has 1 heterocycles.